The van der Waals surface area contributed by atoms with Gasteiger partial charge in [0.05, 0.1) is 6.54 Å². The quantitative estimate of drug-likeness (QED) is 0.876. The first-order valence-electron chi connectivity index (χ1n) is 9.28. The molecule has 3 heterocycles. The number of carbonyl (C=O) groups excluding carboxylic acids is 1. The van der Waals surface area contributed by atoms with Crippen LogP contribution < -0.4 is 5.32 Å². The fourth-order valence-electron chi connectivity index (χ4n) is 3.59. The van der Waals surface area contributed by atoms with Crippen LogP contribution in [0.25, 0.3) is 0 Å². The number of nitrogens with one attached hydrogen (secondary N) is 1. The van der Waals surface area contributed by atoms with Crippen LogP contribution in [0.1, 0.15) is 53.0 Å². The maximum Gasteiger partial charge on any atom is 0.272 e. The van der Waals surface area contributed by atoms with Crippen LogP contribution in [0.15, 0.2) is 16.5 Å². The van der Waals surface area contributed by atoms with E-state index in [-0.39, 0.29) is 5.91 Å². The van der Waals surface area contributed by atoms with Crippen LogP contribution >= 0.6 is 0 Å². The molecule has 0 bridgehead atoms. The van der Waals surface area contributed by atoms with Crippen LogP contribution in [0.4, 0.5) is 0 Å². The highest BCUT2D eigenvalue weighted by Crippen LogP contribution is 2.33. The minimum absolute atomic E-state index is 0.0519. The van der Waals surface area contributed by atoms with Crippen LogP contribution in [0, 0.1) is 12.8 Å². The number of hydrogen-bond acceptors (Lipinski definition) is 4. The Kier molecular flexibility index (Phi) is 4.37. The van der Waals surface area contributed by atoms with Gasteiger partial charge in [-0.05, 0) is 44.7 Å². The molecule has 0 spiro atoms. The lowest BCUT2D eigenvalue weighted by atomic mass is 10.0. The summed E-state index contributed by atoms with van der Waals surface area (Å²) in [5.41, 5.74) is 2.96. The number of amides is 1. The van der Waals surface area contributed by atoms with Crippen molar-refractivity contribution in [2.45, 2.75) is 52.7 Å². The Morgan fingerprint density at radius 2 is 2.24 bits per heavy atom. The zero-order chi connectivity index (χ0) is 17.4. The largest absolute Gasteiger partial charge is 0.465 e. The molecule has 1 amide bonds. The second kappa shape index (κ2) is 6.67. The summed E-state index contributed by atoms with van der Waals surface area (Å²) >= 11 is 0. The Labute approximate surface area is 148 Å². The van der Waals surface area contributed by atoms with Crippen molar-refractivity contribution in [3.63, 3.8) is 0 Å². The van der Waals surface area contributed by atoms with Crippen LogP contribution in [-0.2, 0) is 26.1 Å². The highest BCUT2D eigenvalue weighted by molar-refractivity contribution is 5.94. The summed E-state index contributed by atoms with van der Waals surface area (Å²) in [5, 5.41) is 7.60. The van der Waals surface area contributed by atoms with Crippen molar-refractivity contribution >= 4 is 5.91 Å². The van der Waals surface area contributed by atoms with Crippen LogP contribution in [0.5, 0.6) is 0 Å². The predicted molar refractivity (Wildman–Crippen MR) is 94.2 cm³/mol. The number of aryl methyl sites for hydroxylation is 1. The normalized spacial score (nSPS) is 17.5. The van der Waals surface area contributed by atoms with Gasteiger partial charge in [0.25, 0.3) is 5.91 Å². The van der Waals surface area contributed by atoms with E-state index >= 15 is 0 Å². The maximum absolute atomic E-state index is 12.5. The number of nitrogens with zero attached hydrogens (tertiary/aromatic N) is 3. The zero-order valence-corrected chi connectivity index (χ0v) is 15.0. The van der Waals surface area contributed by atoms with E-state index in [1.165, 1.54) is 18.5 Å². The van der Waals surface area contributed by atoms with Gasteiger partial charge in [-0.3, -0.25) is 14.4 Å². The van der Waals surface area contributed by atoms with E-state index in [0.717, 1.165) is 55.6 Å². The van der Waals surface area contributed by atoms with Gasteiger partial charge >= 0.3 is 0 Å². The van der Waals surface area contributed by atoms with Gasteiger partial charge in [-0.25, -0.2) is 0 Å². The first-order valence-corrected chi connectivity index (χ1v) is 9.28. The molecule has 0 unspecified atom stereocenters. The van der Waals surface area contributed by atoms with Gasteiger partial charge in [0.2, 0.25) is 0 Å². The fraction of sp³-hybridized carbons (Fsp3) is 0.579. The molecule has 134 valence electrons. The van der Waals surface area contributed by atoms with Gasteiger partial charge in [0.15, 0.2) is 5.69 Å². The SMILES string of the molecule is CCNC(=O)c1nn(CC2CC2)c2c1CN(Cc1ccc(C)o1)CC2. The van der Waals surface area contributed by atoms with Crippen molar-refractivity contribution in [1.82, 2.24) is 20.0 Å². The smallest absolute Gasteiger partial charge is 0.272 e. The van der Waals surface area contributed by atoms with Gasteiger partial charge in [0.1, 0.15) is 11.5 Å². The molecule has 1 saturated carbocycles. The highest BCUT2D eigenvalue weighted by atomic mass is 16.3. The summed E-state index contributed by atoms with van der Waals surface area (Å²) in [7, 11) is 0. The second-order valence-electron chi connectivity index (χ2n) is 7.23. The Hall–Kier alpha value is -2.08. The van der Waals surface area contributed by atoms with E-state index in [4.69, 9.17) is 9.52 Å². The van der Waals surface area contributed by atoms with Gasteiger partial charge in [-0.1, -0.05) is 0 Å². The van der Waals surface area contributed by atoms with Gasteiger partial charge in [-0.2, -0.15) is 5.10 Å². The van der Waals surface area contributed by atoms with Gasteiger partial charge in [-0.15, -0.1) is 0 Å². The highest BCUT2D eigenvalue weighted by Gasteiger charge is 2.31. The average molecular weight is 342 g/mol. The number of carbonyl (C=O) groups is 1. The van der Waals surface area contributed by atoms with E-state index < -0.39 is 0 Å². The molecule has 0 radical (unpaired) electrons. The Bertz CT molecular complexity index is 772. The third kappa shape index (κ3) is 3.49. The molecule has 2 aromatic heterocycles. The summed E-state index contributed by atoms with van der Waals surface area (Å²) in [5.74, 6) is 2.61. The Balaban J connectivity index is 1.57. The van der Waals surface area contributed by atoms with Crippen molar-refractivity contribution in [3.8, 4) is 0 Å². The molecule has 1 N–H and O–H groups in total. The summed E-state index contributed by atoms with van der Waals surface area (Å²) in [6.45, 7) is 7.99. The molecule has 6 heteroatoms. The molecular formula is C19H26N4O2. The van der Waals surface area contributed by atoms with Crippen molar-refractivity contribution in [3.05, 3.63) is 40.6 Å². The number of fused-ring (bicyclic) bond motifs is 1. The second-order valence-corrected chi connectivity index (χ2v) is 7.23. The lowest BCUT2D eigenvalue weighted by molar-refractivity contribution is 0.0947. The fourth-order valence-corrected chi connectivity index (χ4v) is 3.59. The minimum atomic E-state index is -0.0519. The number of hydrogen-bond donors (Lipinski definition) is 1. The standard InChI is InChI=1S/C19H26N4O2/c1-3-20-19(24)18-16-12-22(11-15-7-4-13(2)25-15)9-8-17(16)23(21-18)10-14-5-6-14/h4,7,14H,3,5-6,8-12H2,1-2H3,(H,20,24). The van der Waals surface area contributed by atoms with E-state index in [9.17, 15) is 4.79 Å². The molecule has 1 fully saturated rings. The van der Waals surface area contributed by atoms with Crippen LogP contribution in [0.3, 0.4) is 0 Å². The van der Waals surface area contributed by atoms with E-state index in [1.54, 1.807) is 0 Å². The van der Waals surface area contributed by atoms with Gasteiger partial charge < -0.3 is 9.73 Å². The van der Waals surface area contributed by atoms with Crippen LogP contribution in [-0.4, -0.2) is 33.7 Å². The lowest BCUT2D eigenvalue weighted by Crippen LogP contribution is -2.32. The summed E-state index contributed by atoms with van der Waals surface area (Å²) < 4.78 is 7.82. The first-order chi connectivity index (χ1) is 12.1. The van der Waals surface area contributed by atoms with Crippen molar-refractivity contribution in [2.24, 2.45) is 5.92 Å². The predicted octanol–water partition coefficient (Wildman–Crippen LogP) is 2.50. The third-order valence-electron chi connectivity index (χ3n) is 5.07. The molecule has 4 rings (SSSR count). The van der Waals surface area contributed by atoms with E-state index in [2.05, 4.69) is 14.9 Å². The molecule has 2 aliphatic rings. The minimum Gasteiger partial charge on any atom is -0.465 e. The molecule has 25 heavy (non-hydrogen) atoms. The summed E-state index contributed by atoms with van der Waals surface area (Å²) in [6, 6.07) is 4.03. The third-order valence-corrected chi connectivity index (χ3v) is 5.07. The van der Waals surface area contributed by atoms with Crippen molar-refractivity contribution in [2.75, 3.05) is 13.1 Å². The lowest BCUT2D eigenvalue weighted by Gasteiger charge is -2.27. The number of rotatable bonds is 6. The zero-order valence-electron chi connectivity index (χ0n) is 15.0. The molecule has 1 aliphatic heterocycles. The molecule has 0 atom stereocenters. The summed E-state index contributed by atoms with van der Waals surface area (Å²) in [4.78, 5) is 14.8. The maximum atomic E-state index is 12.5. The molecule has 2 aromatic rings. The molecular weight excluding hydrogens is 316 g/mol. The molecule has 0 aromatic carbocycles. The van der Waals surface area contributed by atoms with E-state index in [0.29, 0.717) is 12.2 Å². The summed E-state index contributed by atoms with van der Waals surface area (Å²) in [6.07, 6.45) is 3.51. The monoisotopic (exact) mass is 342 g/mol. The van der Waals surface area contributed by atoms with Gasteiger partial charge in [0, 0.05) is 43.9 Å². The number of aromatic nitrogens is 2. The molecule has 1 aliphatic carbocycles. The van der Waals surface area contributed by atoms with Crippen molar-refractivity contribution in [1.29, 1.82) is 0 Å². The number of furan rings is 1. The Morgan fingerprint density at radius 3 is 2.92 bits per heavy atom. The Morgan fingerprint density at radius 1 is 1.40 bits per heavy atom. The molecule has 6 nitrogen and oxygen atoms in total. The topological polar surface area (TPSA) is 63.3 Å². The van der Waals surface area contributed by atoms with E-state index in [1.807, 2.05) is 26.0 Å². The first kappa shape index (κ1) is 16.4. The molecule has 0 saturated heterocycles. The van der Waals surface area contributed by atoms with Crippen LogP contribution in [0.2, 0.25) is 0 Å². The average Bonchev–Trinajstić information content (AvgIpc) is 3.21. The van der Waals surface area contributed by atoms with Crippen molar-refractivity contribution < 1.29 is 9.21 Å².